The predicted molar refractivity (Wildman–Crippen MR) is 218 cm³/mol. The molecule has 0 atom stereocenters. The number of furan rings is 1. The first kappa shape index (κ1) is 30.6. The first-order valence-electron chi connectivity index (χ1n) is 17.8. The normalized spacial score (nSPS) is 11.5. The van der Waals surface area contributed by atoms with Crippen molar-refractivity contribution < 1.29 is 4.42 Å². The molecule has 0 saturated carbocycles. The van der Waals surface area contributed by atoms with E-state index in [9.17, 15) is 0 Å². The minimum Gasteiger partial charge on any atom is -0.450 e. The number of aromatic nitrogens is 3. The third kappa shape index (κ3) is 5.19. The molecule has 0 unspecified atom stereocenters. The van der Waals surface area contributed by atoms with Crippen LogP contribution in [0.2, 0.25) is 0 Å². The van der Waals surface area contributed by atoms with Crippen molar-refractivity contribution in [3.63, 3.8) is 0 Å². The van der Waals surface area contributed by atoms with Crippen LogP contribution in [0.25, 0.3) is 49.7 Å². The number of fused-ring (bicyclic) bond motifs is 6. The van der Waals surface area contributed by atoms with E-state index in [0.29, 0.717) is 11.4 Å². The minimum atomic E-state index is 0.661. The van der Waals surface area contributed by atoms with E-state index in [1.807, 2.05) is 25.1 Å². The molecule has 0 spiro atoms. The van der Waals surface area contributed by atoms with Gasteiger partial charge in [-0.15, -0.1) is 0 Å². The maximum absolute atomic E-state index is 6.55. The third-order valence-corrected chi connectivity index (χ3v) is 9.83. The molecule has 0 fully saturated rings. The lowest BCUT2D eigenvalue weighted by Crippen LogP contribution is -2.09. The molecule has 6 heteroatoms. The lowest BCUT2D eigenvalue weighted by molar-refractivity contribution is 0.661. The highest BCUT2D eigenvalue weighted by atomic mass is 16.3. The van der Waals surface area contributed by atoms with Gasteiger partial charge in [0.2, 0.25) is 0 Å². The Labute approximate surface area is 306 Å². The van der Waals surface area contributed by atoms with E-state index >= 15 is 0 Å². The zero-order valence-electron chi connectivity index (χ0n) is 29.0. The Hall–Kier alpha value is -7.18. The van der Waals surface area contributed by atoms with Crippen LogP contribution in [0.4, 0.5) is 34.1 Å². The zero-order chi connectivity index (χ0) is 35.3. The number of nitrogens with zero attached hydrogens (tertiary/aromatic N) is 5. The van der Waals surface area contributed by atoms with Gasteiger partial charge in [-0.1, -0.05) is 84.9 Å². The maximum Gasteiger partial charge on any atom is 0.197 e. The van der Waals surface area contributed by atoms with E-state index in [4.69, 9.17) is 14.4 Å². The third-order valence-electron chi connectivity index (χ3n) is 9.83. The van der Waals surface area contributed by atoms with Crippen LogP contribution in [-0.4, -0.2) is 14.5 Å². The first-order chi connectivity index (χ1) is 26.2. The van der Waals surface area contributed by atoms with Crippen molar-refractivity contribution in [1.29, 1.82) is 0 Å². The Bertz CT molecular complexity index is 2680. The lowest BCUT2D eigenvalue weighted by Gasteiger charge is -2.26. The highest BCUT2D eigenvalue weighted by molar-refractivity contribution is 6.13. The SMILES string of the molecule is Cc1nc(-n2c3ccc(N(c4ccccc4)c4ccccc4)cc3c3cc(N(c4ccccc4)c4ccccc4)ccc32)c2oc3ccccc3c2n1. The topological polar surface area (TPSA) is 50.3 Å². The van der Waals surface area contributed by atoms with E-state index in [1.54, 1.807) is 0 Å². The number of para-hydroxylation sites is 5. The molecule has 10 aromatic rings. The molecule has 10 rings (SSSR count). The first-order valence-corrected chi connectivity index (χ1v) is 17.8. The van der Waals surface area contributed by atoms with Crippen molar-refractivity contribution >= 4 is 78.0 Å². The maximum atomic E-state index is 6.55. The molecule has 3 heterocycles. The van der Waals surface area contributed by atoms with Gasteiger partial charge in [0.25, 0.3) is 0 Å². The molecule has 0 aliphatic rings. The highest BCUT2D eigenvalue weighted by Gasteiger charge is 2.23. The molecule has 3 aromatic heterocycles. The fourth-order valence-corrected chi connectivity index (χ4v) is 7.55. The monoisotopic (exact) mass is 683 g/mol. The summed E-state index contributed by atoms with van der Waals surface area (Å²) in [5.41, 5.74) is 10.7. The summed E-state index contributed by atoms with van der Waals surface area (Å²) in [5.74, 6) is 1.40. The minimum absolute atomic E-state index is 0.661. The van der Waals surface area contributed by atoms with Gasteiger partial charge in [0.1, 0.15) is 16.9 Å². The van der Waals surface area contributed by atoms with Crippen molar-refractivity contribution in [3.05, 3.63) is 188 Å². The van der Waals surface area contributed by atoms with Crippen LogP contribution in [-0.2, 0) is 0 Å². The van der Waals surface area contributed by atoms with Gasteiger partial charge in [-0.25, -0.2) is 9.97 Å². The number of aryl methyl sites for hydroxylation is 1. The van der Waals surface area contributed by atoms with Gasteiger partial charge in [-0.2, -0.15) is 0 Å². The van der Waals surface area contributed by atoms with Gasteiger partial charge >= 0.3 is 0 Å². The molecule has 0 aliphatic heterocycles. The second-order valence-electron chi connectivity index (χ2n) is 13.1. The Balaban J connectivity index is 1.28. The average Bonchev–Trinajstić information content (AvgIpc) is 3.75. The molecule has 0 saturated heterocycles. The largest absolute Gasteiger partial charge is 0.450 e. The van der Waals surface area contributed by atoms with Crippen molar-refractivity contribution in [2.75, 3.05) is 9.80 Å². The van der Waals surface area contributed by atoms with Crippen LogP contribution in [0.5, 0.6) is 0 Å². The second-order valence-corrected chi connectivity index (χ2v) is 13.1. The summed E-state index contributed by atoms with van der Waals surface area (Å²) in [5, 5.41) is 3.16. The number of hydrogen-bond donors (Lipinski definition) is 0. The summed E-state index contributed by atoms with van der Waals surface area (Å²) in [7, 11) is 0. The van der Waals surface area contributed by atoms with Crippen LogP contribution in [0, 0.1) is 6.92 Å². The van der Waals surface area contributed by atoms with E-state index in [-0.39, 0.29) is 0 Å². The van der Waals surface area contributed by atoms with E-state index in [0.717, 1.165) is 78.2 Å². The van der Waals surface area contributed by atoms with Crippen LogP contribution < -0.4 is 9.80 Å². The summed E-state index contributed by atoms with van der Waals surface area (Å²) in [6.45, 7) is 1.95. The molecule has 0 aliphatic carbocycles. The van der Waals surface area contributed by atoms with Gasteiger partial charge in [0.15, 0.2) is 11.4 Å². The molecule has 7 aromatic carbocycles. The van der Waals surface area contributed by atoms with Gasteiger partial charge < -0.3 is 14.2 Å². The lowest BCUT2D eigenvalue weighted by atomic mass is 10.1. The van der Waals surface area contributed by atoms with Gasteiger partial charge in [-0.05, 0) is 104 Å². The van der Waals surface area contributed by atoms with Crippen molar-refractivity contribution in [3.8, 4) is 5.82 Å². The molecule has 0 radical (unpaired) electrons. The Kier molecular flexibility index (Phi) is 7.25. The fourth-order valence-electron chi connectivity index (χ4n) is 7.55. The van der Waals surface area contributed by atoms with Gasteiger partial charge in [0, 0.05) is 50.3 Å². The Morgan fingerprint density at radius 2 is 0.868 bits per heavy atom. The van der Waals surface area contributed by atoms with Crippen molar-refractivity contribution in [2.24, 2.45) is 0 Å². The Morgan fingerprint density at radius 1 is 0.434 bits per heavy atom. The van der Waals surface area contributed by atoms with E-state index in [2.05, 4.69) is 178 Å². The van der Waals surface area contributed by atoms with Crippen LogP contribution >= 0.6 is 0 Å². The molecule has 0 N–H and O–H groups in total. The van der Waals surface area contributed by atoms with E-state index in [1.165, 1.54) is 0 Å². The van der Waals surface area contributed by atoms with Crippen LogP contribution in [0.1, 0.15) is 5.82 Å². The van der Waals surface area contributed by atoms with Crippen molar-refractivity contribution in [2.45, 2.75) is 6.92 Å². The van der Waals surface area contributed by atoms with Crippen LogP contribution in [0.3, 0.4) is 0 Å². The van der Waals surface area contributed by atoms with Gasteiger partial charge in [0.05, 0.1) is 11.0 Å². The number of benzene rings is 7. The molecular weight excluding hydrogens is 651 g/mol. The summed E-state index contributed by atoms with van der Waals surface area (Å²) >= 11 is 0. The van der Waals surface area contributed by atoms with Crippen LogP contribution in [0.15, 0.2) is 186 Å². The molecular formula is C47H33N5O. The number of rotatable bonds is 7. The van der Waals surface area contributed by atoms with Gasteiger partial charge in [-0.3, -0.25) is 4.57 Å². The fraction of sp³-hybridized carbons (Fsp3) is 0.0213. The summed E-state index contributed by atoms with van der Waals surface area (Å²) < 4.78 is 8.79. The second kappa shape index (κ2) is 12.5. The molecule has 6 nitrogen and oxygen atoms in total. The summed E-state index contributed by atoms with van der Waals surface area (Å²) in [6, 6.07) is 63.6. The summed E-state index contributed by atoms with van der Waals surface area (Å²) in [6.07, 6.45) is 0. The number of hydrogen-bond acceptors (Lipinski definition) is 5. The quantitative estimate of drug-likeness (QED) is 0.167. The highest BCUT2D eigenvalue weighted by Crippen LogP contribution is 2.43. The molecule has 0 bridgehead atoms. The smallest absolute Gasteiger partial charge is 0.197 e. The molecule has 252 valence electrons. The van der Waals surface area contributed by atoms with E-state index < -0.39 is 0 Å². The predicted octanol–water partition coefficient (Wildman–Crippen LogP) is 12.7. The Morgan fingerprint density at radius 3 is 1.34 bits per heavy atom. The number of anilines is 6. The summed E-state index contributed by atoms with van der Waals surface area (Å²) in [4.78, 5) is 14.6. The van der Waals surface area contributed by atoms with Crippen molar-refractivity contribution in [1.82, 2.24) is 14.5 Å². The zero-order valence-corrected chi connectivity index (χ0v) is 29.0. The molecule has 53 heavy (non-hydrogen) atoms. The molecule has 0 amide bonds. The standard InChI is InChI=1S/C47H33N5O/c1-32-48-45-39-24-14-15-25-44(39)53-46(45)47(49-32)52-42-28-26-37(50(33-16-6-2-7-17-33)34-18-8-3-9-19-34)30-40(42)41-31-38(27-29-43(41)52)51(35-20-10-4-11-21-35)36-22-12-5-13-23-36/h2-31H,1H3. The average molecular weight is 684 g/mol.